The van der Waals surface area contributed by atoms with Gasteiger partial charge in [0.15, 0.2) is 0 Å². The highest BCUT2D eigenvalue weighted by Gasteiger charge is 2.20. The molecule has 0 radical (unpaired) electrons. The lowest BCUT2D eigenvalue weighted by atomic mass is 10.1. The molecule has 16 heavy (non-hydrogen) atoms. The Morgan fingerprint density at radius 3 is 2.75 bits per heavy atom. The third-order valence-electron chi connectivity index (χ3n) is 3.10. The number of hydrogen-bond donors (Lipinski definition) is 2. The average Bonchev–Trinajstić information content (AvgIpc) is 2.30. The van der Waals surface area contributed by atoms with Gasteiger partial charge in [-0.3, -0.25) is 4.90 Å². The quantitative estimate of drug-likeness (QED) is 0.805. The van der Waals surface area contributed by atoms with Crippen LogP contribution in [0.25, 0.3) is 0 Å². The van der Waals surface area contributed by atoms with Crippen molar-refractivity contribution < 1.29 is 10.2 Å². The van der Waals surface area contributed by atoms with Crippen molar-refractivity contribution in [3.63, 3.8) is 0 Å². The molecule has 1 aliphatic rings. The number of β-amino-alcohol motifs (C(OH)–C–C–N with tert-alkyl or cyclic N) is 2. The first-order chi connectivity index (χ1) is 7.75. The lowest BCUT2D eigenvalue weighted by molar-refractivity contribution is 0.0392. The van der Waals surface area contributed by atoms with Crippen LogP contribution in [0.4, 0.5) is 0 Å². The summed E-state index contributed by atoms with van der Waals surface area (Å²) >= 11 is 0. The van der Waals surface area contributed by atoms with Crippen LogP contribution in [0.15, 0.2) is 30.3 Å². The molecule has 1 heterocycles. The Labute approximate surface area is 96.3 Å². The van der Waals surface area contributed by atoms with Crippen LogP contribution in [0.2, 0.25) is 0 Å². The second-order valence-corrected chi connectivity index (χ2v) is 4.48. The van der Waals surface area contributed by atoms with Gasteiger partial charge in [0.2, 0.25) is 0 Å². The molecule has 1 fully saturated rings. The monoisotopic (exact) mass is 221 g/mol. The fourth-order valence-electron chi connectivity index (χ4n) is 2.22. The van der Waals surface area contributed by atoms with Gasteiger partial charge in [-0.05, 0) is 24.9 Å². The van der Waals surface area contributed by atoms with Crippen LogP contribution in [0.3, 0.4) is 0 Å². The van der Waals surface area contributed by atoms with E-state index in [1.807, 2.05) is 30.3 Å². The predicted octanol–water partition coefficient (Wildman–Crippen LogP) is 1.18. The highest BCUT2D eigenvalue weighted by Crippen LogP contribution is 2.17. The van der Waals surface area contributed by atoms with E-state index >= 15 is 0 Å². The summed E-state index contributed by atoms with van der Waals surface area (Å²) in [6.45, 7) is 2.27. The first-order valence-electron chi connectivity index (χ1n) is 5.89. The van der Waals surface area contributed by atoms with Crippen LogP contribution >= 0.6 is 0 Å². The molecule has 2 atom stereocenters. The first kappa shape index (κ1) is 11.6. The molecule has 0 unspecified atom stereocenters. The summed E-state index contributed by atoms with van der Waals surface area (Å²) in [7, 11) is 0. The molecule has 1 aromatic rings. The second kappa shape index (κ2) is 5.43. The minimum atomic E-state index is -0.452. The Kier molecular flexibility index (Phi) is 3.93. The SMILES string of the molecule is O[C@H]1CCCN(C[C@H](O)c2ccccc2)C1. The van der Waals surface area contributed by atoms with Crippen molar-refractivity contribution in [1.82, 2.24) is 4.90 Å². The molecule has 0 spiro atoms. The summed E-state index contributed by atoms with van der Waals surface area (Å²) in [5.74, 6) is 0. The molecule has 0 aliphatic carbocycles. The number of aliphatic hydroxyl groups excluding tert-OH is 2. The summed E-state index contributed by atoms with van der Waals surface area (Å²) in [6, 6.07) is 9.68. The molecule has 0 bridgehead atoms. The largest absolute Gasteiger partial charge is 0.392 e. The molecular formula is C13H19NO2. The van der Waals surface area contributed by atoms with Crippen molar-refractivity contribution in [2.45, 2.75) is 25.0 Å². The molecule has 88 valence electrons. The van der Waals surface area contributed by atoms with E-state index < -0.39 is 6.10 Å². The van der Waals surface area contributed by atoms with Gasteiger partial charge in [0, 0.05) is 13.1 Å². The maximum atomic E-state index is 10.0. The zero-order valence-electron chi connectivity index (χ0n) is 9.42. The Hall–Kier alpha value is -0.900. The molecule has 1 aliphatic heterocycles. The highest BCUT2D eigenvalue weighted by molar-refractivity contribution is 5.17. The third kappa shape index (κ3) is 3.04. The highest BCUT2D eigenvalue weighted by atomic mass is 16.3. The number of nitrogens with zero attached hydrogens (tertiary/aromatic N) is 1. The molecule has 1 saturated heterocycles. The van der Waals surface area contributed by atoms with Crippen molar-refractivity contribution in [3.05, 3.63) is 35.9 Å². The van der Waals surface area contributed by atoms with E-state index in [4.69, 9.17) is 0 Å². The van der Waals surface area contributed by atoms with E-state index in [1.165, 1.54) is 0 Å². The lowest BCUT2D eigenvalue weighted by Gasteiger charge is -2.31. The van der Waals surface area contributed by atoms with Crippen molar-refractivity contribution in [2.24, 2.45) is 0 Å². The molecule has 1 aromatic carbocycles. The summed E-state index contributed by atoms with van der Waals surface area (Å²) in [5, 5.41) is 19.6. The van der Waals surface area contributed by atoms with Crippen LogP contribution < -0.4 is 0 Å². The Morgan fingerprint density at radius 1 is 1.31 bits per heavy atom. The van der Waals surface area contributed by atoms with Crippen LogP contribution in [-0.2, 0) is 0 Å². The standard InChI is InChI=1S/C13H19NO2/c15-12-7-4-8-14(9-12)10-13(16)11-5-2-1-3-6-11/h1-3,5-6,12-13,15-16H,4,7-10H2/t12-,13-/m0/s1. The van der Waals surface area contributed by atoms with Crippen molar-refractivity contribution >= 4 is 0 Å². The van der Waals surface area contributed by atoms with Gasteiger partial charge in [-0.2, -0.15) is 0 Å². The molecular weight excluding hydrogens is 202 g/mol. The Morgan fingerprint density at radius 2 is 2.06 bits per heavy atom. The first-order valence-corrected chi connectivity index (χ1v) is 5.89. The Balaban J connectivity index is 1.89. The van der Waals surface area contributed by atoms with Crippen LogP contribution in [-0.4, -0.2) is 40.9 Å². The van der Waals surface area contributed by atoms with Gasteiger partial charge in [-0.25, -0.2) is 0 Å². The van der Waals surface area contributed by atoms with Gasteiger partial charge in [0.25, 0.3) is 0 Å². The number of benzene rings is 1. The second-order valence-electron chi connectivity index (χ2n) is 4.48. The number of rotatable bonds is 3. The van der Waals surface area contributed by atoms with Gasteiger partial charge < -0.3 is 10.2 Å². The number of piperidine rings is 1. The normalized spacial score (nSPS) is 24.2. The van der Waals surface area contributed by atoms with Gasteiger partial charge in [-0.1, -0.05) is 30.3 Å². The zero-order chi connectivity index (χ0) is 11.4. The molecule has 2 N–H and O–H groups in total. The number of likely N-dealkylation sites (tertiary alicyclic amines) is 1. The number of hydrogen-bond acceptors (Lipinski definition) is 3. The van der Waals surface area contributed by atoms with Crippen molar-refractivity contribution in [2.75, 3.05) is 19.6 Å². The topological polar surface area (TPSA) is 43.7 Å². The molecule has 0 aromatic heterocycles. The van der Waals surface area contributed by atoms with Crippen LogP contribution in [0.1, 0.15) is 24.5 Å². The van der Waals surface area contributed by atoms with Gasteiger partial charge in [0.1, 0.15) is 0 Å². The van der Waals surface area contributed by atoms with Crippen LogP contribution in [0, 0.1) is 0 Å². The summed E-state index contributed by atoms with van der Waals surface area (Å²) in [5.41, 5.74) is 0.947. The molecule has 2 rings (SSSR count). The predicted molar refractivity (Wildman–Crippen MR) is 63.1 cm³/mol. The summed E-state index contributed by atoms with van der Waals surface area (Å²) in [6.07, 6.45) is 1.23. The minimum absolute atomic E-state index is 0.225. The molecule has 3 heteroatoms. The lowest BCUT2D eigenvalue weighted by Crippen LogP contribution is -2.40. The fraction of sp³-hybridized carbons (Fsp3) is 0.538. The summed E-state index contributed by atoms with van der Waals surface area (Å²) in [4.78, 5) is 2.13. The van der Waals surface area contributed by atoms with Gasteiger partial charge >= 0.3 is 0 Å². The molecule has 3 nitrogen and oxygen atoms in total. The van der Waals surface area contributed by atoms with E-state index in [0.29, 0.717) is 13.1 Å². The van der Waals surface area contributed by atoms with Gasteiger partial charge in [-0.15, -0.1) is 0 Å². The van der Waals surface area contributed by atoms with Crippen molar-refractivity contribution in [3.8, 4) is 0 Å². The van der Waals surface area contributed by atoms with E-state index in [-0.39, 0.29) is 6.10 Å². The average molecular weight is 221 g/mol. The van der Waals surface area contributed by atoms with Crippen molar-refractivity contribution in [1.29, 1.82) is 0 Å². The fourth-order valence-corrected chi connectivity index (χ4v) is 2.22. The number of aliphatic hydroxyl groups is 2. The molecule has 0 amide bonds. The third-order valence-corrected chi connectivity index (χ3v) is 3.10. The maximum Gasteiger partial charge on any atom is 0.0916 e. The van der Waals surface area contributed by atoms with E-state index in [0.717, 1.165) is 24.9 Å². The van der Waals surface area contributed by atoms with E-state index in [9.17, 15) is 10.2 Å². The van der Waals surface area contributed by atoms with E-state index in [1.54, 1.807) is 0 Å². The van der Waals surface area contributed by atoms with E-state index in [2.05, 4.69) is 4.90 Å². The molecule has 0 saturated carbocycles. The summed E-state index contributed by atoms with van der Waals surface area (Å²) < 4.78 is 0. The zero-order valence-corrected chi connectivity index (χ0v) is 9.42. The minimum Gasteiger partial charge on any atom is -0.392 e. The van der Waals surface area contributed by atoms with Gasteiger partial charge in [0.05, 0.1) is 12.2 Å². The maximum absolute atomic E-state index is 10.0. The smallest absolute Gasteiger partial charge is 0.0916 e. The van der Waals surface area contributed by atoms with Crippen LogP contribution in [0.5, 0.6) is 0 Å². The Bertz CT molecular complexity index is 315.